The summed E-state index contributed by atoms with van der Waals surface area (Å²) in [6.45, 7) is 3.18. The topological polar surface area (TPSA) is 50.9 Å². The van der Waals surface area contributed by atoms with Crippen molar-refractivity contribution in [3.8, 4) is 11.4 Å². The smallest absolute Gasteiger partial charge is 0.181 e. The first-order valence-electron chi connectivity index (χ1n) is 6.38. The molecule has 0 fully saturated rings. The van der Waals surface area contributed by atoms with Crippen molar-refractivity contribution in [3.05, 3.63) is 35.7 Å². The second kappa shape index (κ2) is 4.53. The fourth-order valence-electron chi connectivity index (χ4n) is 2.46. The molecule has 0 spiro atoms. The number of aliphatic hydroxyl groups is 1. The Labute approximate surface area is 106 Å². The number of benzene rings is 1. The van der Waals surface area contributed by atoms with Crippen molar-refractivity contribution in [2.75, 3.05) is 6.61 Å². The predicted octanol–water partition coefficient (Wildman–Crippen LogP) is 1.81. The van der Waals surface area contributed by atoms with Crippen LogP contribution in [0.4, 0.5) is 0 Å². The van der Waals surface area contributed by atoms with E-state index in [4.69, 9.17) is 0 Å². The van der Waals surface area contributed by atoms with Crippen molar-refractivity contribution >= 4 is 0 Å². The minimum absolute atomic E-state index is 0.243. The van der Waals surface area contributed by atoms with Crippen LogP contribution < -0.4 is 0 Å². The number of aryl methyl sites for hydroxylation is 2. The molecule has 1 atom stereocenters. The minimum atomic E-state index is 0.243. The van der Waals surface area contributed by atoms with E-state index in [1.54, 1.807) is 0 Å². The number of fused-ring (bicyclic) bond motifs is 1. The van der Waals surface area contributed by atoms with Crippen LogP contribution in [0.2, 0.25) is 0 Å². The largest absolute Gasteiger partial charge is 0.396 e. The van der Waals surface area contributed by atoms with Crippen LogP contribution in [0.25, 0.3) is 11.4 Å². The quantitative estimate of drug-likeness (QED) is 0.875. The van der Waals surface area contributed by atoms with Gasteiger partial charge < -0.3 is 5.11 Å². The summed E-state index contributed by atoms with van der Waals surface area (Å²) in [5.74, 6) is 2.15. The van der Waals surface area contributed by atoms with Gasteiger partial charge in [0.05, 0.1) is 0 Å². The molecule has 0 saturated heterocycles. The maximum atomic E-state index is 9.23. The Bertz CT molecular complexity index is 562. The summed E-state index contributed by atoms with van der Waals surface area (Å²) in [7, 11) is 0. The maximum absolute atomic E-state index is 9.23. The zero-order valence-corrected chi connectivity index (χ0v) is 10.5. The molecule has 3 rings (SSSR count). The number of rotatable bonds is 2. The Morgan fingerprint density at radius 3 is 3.00 bits per heavy atom. The molecule has 1 aromatic heterocycles. The Hall–Kier alpha value is -1.68. The van der Waals surface area contributed by atoms with Gasteiger partial charge in [-0.3, -0.25) is 0 Å². The molecule has 18 heavy (non-hydrogen) atoms. The van der Waals surface area contributed by atoms with Crippen LogP contribution in [-0.2, 0) is 13.0 Å². The number of nitrogens with zero attached hydrogens (tertiary/aromatic N) is 3. The standard InChI is InChI=1S/C14H17N3O/c1-10-4-2-3-5-12(10)14-15-13-8-11(9-18)6-7-17(13)16-14/h2-5,11,18H,6-9H2,1H3. The van der Waals surface area contributed by atoms with E-state index in [0.717, 1.165) is 36.6 Å². The van der Waals surface area contributed by atoms with Crippen molar-refractivity contribution < 1.29 is 5.11 Å². The Kier molecular flexibility index (Phi) is 2.88. The maximum Gasteiger partial charge on any atom is 0.181 e. The van der Waals surface area contributed by atoms with Gasteiger partial charge in [-0.05, 0) is 24.8 Å². The highest BCUT2D eigenvalue weighted by molar-refractivity contribution is 5.59. The molecule has 0 amide bonds. The summed E-state index contributed by atoms with van der Waals surface area (Å²) < 4.78 is 1.98. The van der Waals surface area contributed by atoms with Gasteiger partial charge in [-0.2, -0.15) is 5.10 Å². The van der Waals surface area contributed by atoms with E-state index in [1.165, 1.54) is 5.56 Å². The molecule has 4 nitrogen and oxygen atoms in total. The van der Waals surface area contributed by atoms with Crippen LogP contribution in [0, 0.1) is 12.8 Å². The van der Waals surface area contributed by atoms with Crippen molar-refractivity contribution in [1.82, 2.24) is 14.8 Å². The monoisotopic (exact) mass is 243 g/mol. The third-order valence-electron chi connectivity index (χ3n) is 3.61. The average molecular weight is 243 g/mol. The van der Waals surface area contributed by atoms with E-state index in [0.29, 0.717) is 5.92 Å². The first-order valence-corrected chi connectivity index (χ1v) is 6.38. The molecule has 2 heterocycles. The van der Waals surface area contributed by atoms with Gasteiger partial charge in [0.25, 0.3) is 0 Å². The Morgan fingerprint density at radius 2 is 2.22 bits per heavy atom. The lowest BCUT2D eigenvalue weighted by atomic mass is 9.99. The van der Waals surface area contributed by atoms with Crippen molar-refractivity contribution in [3.63, 3.8) is 0 Å². The van der Waals surface area contributed by atoms with Crippen LogP contribution in [-0.4, -0.2) is 26.5 Å². The van der Waals surface area contributed by atoms with E-state index in [9.17, 15) is 5.11 Å². The van der Waals surface area contributed by atoms with Gasteiger partial charge in [0.1, 0.15) is 5.82 Å². The van der Waals surface area contributed by atoms with Crippen molar-refractivity contribution in [1.29, 1.82) is 0 Å². The highest BCUT2D eigenvalue weighted by Crippen LogP contribution is 2.24. The summed E-state index contributed by atoms with van der Waals surface area (Å²) in [4.78, 5) is 4.62. The van der Waals surface area contributed by atoms with Crippen LogP contribution >= 0.6 is 0 Å². The van der Waals surface area contributed by atoms with Crippen LogP contribution in [0.15, 0.2) is 24.3 Å². The lowest BCUT2D eigenvalue weighted by Crippen LogP contribution is -2.22. The third-order valence-corrected chi connectivity index (χ3v) is 3.61. The molecule has 1 unspecified atom stereocenters. The van der Waals surface area contributed by atoms with E-state index in [2.05, 4.69) is 29.1 Å². The van der Waals surface area contributed by atoms with E-state index in [1.807, 2.05) is 16.8 Å². The molecule has 0 radical (unpaired) electrons. The number of hydrogen-bond acceptors (Lipinski definition) is 3. The van der Waals surface area contributed by atoms with E-state index < -0.39 is 0 Å². The second-order valence-corrected chi connectivity index (χ2v) is 4.93. The van der Waals surface area contributed by atoms with Gasteiger partial charge in [-0.25, -0.2) is 9.67 Å². The molecule has 1 aliphatic heterocycles. The van der Waals surface area contributed by atoms with Crippen LogP contribution in [0.5, 0.6) is 0 Å². The molecular weight excluding hydrogens is 226 g/mol. The number of aromatic nitrogens is 3. The normalized spacial score (nSPS) is 18.7. The van der Waals surface area contributed by atoms with Crippen LogP contribution in [0.1, 0.15) is 17.8 Å². The Morgan fingerprint density at radius 1 is 1.39 bits per heavy atom. The zero-order valence-electron chi connectivity index (χ0n) is 10.5. The van der Waals surface area contributed by atoms with Gasteiger partial charge in [-0.1, -0.05) is 24.3 Å². The number of hydrogen-bond donors (Lipinski definition) is 1. The molecule has 94 valence electrons. The summed E-state index contributed by atoms with van der Waals surface area (Å²) in [6.07, 6.45) is 1.81. The molecule has 1 N–H and O–H groups in total. The SMILES string of the molecule is Cc1ccccc1-c1nc2n(n1)CCC(CO)C2. The Balaban J connectivity index is 1.97. The number of aliphatic hydroxyl groups excluding tert-OH is 1. The fourth-order valence-corrected chi connectivity index (χ4v) is 2.46. The van der Waals surface area contributed by atoms with Crippen molar-refractivity contribution in [2.24, 2.45) is 5.92 Å². The van der Waals surface area contributed by atoms with E-state index in [-0.39, 0.29) is 6.61 Å². The molecule has 0 bridgehead atoms. The lowest BCUT2D eigenvalue weighted by molar-refractivity contribution is 0.196. The highest BCUT2D eigenvalue weighted by Gasteiger charge is 2.21. The molecular formula is C14H17N3O. The average Bonchev–Trinajstić information content (AvgIpc) is 2.81. The van der Waals surface area contributed by atoms with Gasteiger partial charge in [0.15, 0.2) is 5.82 Å². The second-order valence-electron chi connectivity index (χ2n) is 4.93. The van der Waals surface area contributed by atoms with Gasteiger partial charge in [0, 0.05) is 25.1 Å². The van der Waals surface area contributed by atoms with Crippen molar-refractivity contribution in [2.45, 2.75) is 26.3 Å². The fraction of sp³-hybridized carbons (Fsp3) is 0.429. The van der Waals surface area contributed by atoms with E-state index >= 15 is 0 Å². The molecule has 1 aromatic carbocycles. The summed E-state index contributed by atoms with van der Waals surface area (Å²) in [5, 5.41) is 13.8. The van der Waals surface area contributed by atoms with Crippen LogP contribution in [0.3, 0.4) is 0 Å². The van der Waals surface area contributed by atoms with Gasteiger partial charge in [-0.15, -0.1) is 0 Å². The molecule has 0 aliphatic carbocycles. The molecule has 2 aromatic rings. The third kappa shape index (κ3) is 1.93. The lowest BCUT2D eigenvalue weighted by Gasteiger charge is -2.19. The predicted molar refractivity (Wildman–Crippen MR) is 69.1 cm³/mol. The summed E-state index contributed by atoms with van der Waals surface area (Å²) in [5.41, 5.74) is 2.29. The molecule has 4 heteroatoms. The summed E-state index contributed by atoms with van der Waals surface area (Å²) >= 11 is 0. The van der Waals surface area contributed by atoms with Gasteiger partial charge in [0.2, 0.25) is 0 Å². The zero-order chi connectivity index (χ0) is 12.5. The molecule has 0 saturated carbocycles. The first kappa shape index (κ1) is 11.4. The molecule has 1 aliphatic rings. The highest BCUT2D eigenvalue weighted by atomic mass is 16.3. The first-order chi connectivity index (χ1) is 8.78. The summed E-state index contributed by atoms with van der Waals surface area (Å²) in [6, 6.07) is 8.17. The van der Waals surface area contributed by atoms with Gasteiger partial charge >= 0.3 is 0 Å². The minimum Gasteiger partial charge on any atom is -0.396 e.